The van der Waals surface area contributed by atoms with E-state index < -0.39 is 6.10 Å². The molecule has 0 heterocycles. The summed E-state index contributed by atoms with van der Waals surface area (Å²) in [5.74, 6) is -0.919. The Hall–Kier alpha value is -2.63. The fourth-order valence-corrected chi connectivity index (χ4v) is 7.43. The number of esters is 3. The van der Waals surface area contributed by atoms with E-state index in [9.17, 15) is 14.4 Å². The Kier molecular flexibility index (Phi) is 47.9. The molecule has 0 aromatic carbocycles. The summed E-state index contributed by atoms with van der Waals surface area (Å²) in [5, 5.41) is 0. The van der Waals surface area contributed by atoms with Gasteiger partial charge < -0.3 is 14.2 Å². The highest BCUT2D eigenvalue weighted by atomic mass is 16.6. The lowest BCUT2D eigenvalue weighted by Crippen LogP contribution is -2.30. The summed E-state index contributed by atoms with van der Waals surface area (Å²) >= 11 is 0. The maximum absolute atomic E-state index is 12.8. The molecule has 0 amide bonds. The van der Waals surface area contributed by atoms with Crippen molar-refractivity contribution in [3.8, 4) is 0 Å². The number of hydrogen-bond donors (Lipinski definition) is 0. The van der Waals surface area contributed by atoms with Gasteiger partial charge in [-0.2, -0.15) is 0 Å². The third-order valence-corrected chi connectivity index (χ3v) is 11.3. The maximum Gasteiger partial charge on any atom is 0.306 e. The third-order valence-electron chi connectivity index (χ3n) is 11.3. The lowest BCUT2D eigenvalue weighted by Gasteiger charge is -2.18. The van der Waals surface area contributed by atoms with Gasteiger partial charge in [0.1, 0.15) is 13.2 Å². The first kappa shape index (κ1) is 58.4. The average molecular weight is 855 g/mol. The first-order valence-corrected chi connectivity index (χ1v) is 26.1. The van der Waals surface area contributed by atoms with Crippen LogP contribution < -0.4 is 0 Å². The number of unbranched alkanes of at least 4 members (excludes halogenated alkanes) is 28. The fourth-order valence-electron chi connectivity index (χ4n) is 7.43. The molecule has 61 heavy (non-hydrogen) atoms. The molecule has 354 valence electrons. The van der Waals surface area contributed by atoms with Crippen molar-refractivity contribution in [2.75, 3.05) is 13.2 Å². The maximum atomic E-state index is 12.8. The van der Waals surface area contributed by atoms with Crippen molar-refractivity contribution in [3.05, 3.63) is 48.6 Å². The summed E-state index contributed by atoms with van der Waals surface area (Å²) in [6.07, 6.45) is 59.6. The highest BCUT2D eigenvalue weighted by Crippen LogP contribution is 2.16. The predicted molar refractivity (Wildman–Crippen MR) is 261 cm³/mol. The van der Waals surface area contributed by atoms with Gasteiger partial charge in [-0.15, -0.1) is 0 Å². The summed E-state index contributed by atoms with van der Waals surface area (Å²) < 4.78 is 16.8. The van der Waals surface area contributed by atoms with Crippen LogP contribution in [0.4, 0.5) is 0 Å². The van der Waals surface area contributed by atoms with E-state index in [-0.39, 0.29) is 37.5 Å². The zero-order valence-electron chi connectivity index (χ0n) is 40.4. The predicted octanol–water partition coefficient (Wildman–Crippen LogP) is 17.1. The zero-order valence-corrected chi connectivity index (χ0v) is 40.4. The molecule has 0 radical (unpaired) electrons. The van der Waals surface area contributed by atoms with Gasteiger partial charge in [0.05, 0.1) is 0 Å². The van der Waals surface area contributed by atoms with Gasteiger partial charge in [0.2, 0.25) is 0 Å². The van der Waals surface area contributed by atoms with Crippen molar-refractivity contribution in [1.82, 2.24) is 0 Å². The smallest absolute Gasteiger partial charge is 0.306 e. The molecular weight excluding hydrogens is 757 g/mol. The van der Waals surface area contributed by atoms with Crippen LogP contribution in [0.3, 0.4) is 0 Å². The van der Waals surface area contributed by atoms with Crippen molar-refractivity contribution < 1.29 is 28.6 Å². The Morgan fingerprint density at radius 1 is 0.344 bits per heavy atom. The van der Waals surface area contributed by atoms with E-state index in [2.05, 4.69) is 69.4 Å². The van der Waals surface area contributed by atoms with Crippen molar-refractivity contribution in [2.24, 2.45) is 0 Å². The molecule has 0 aliphatic carbocycles. The normalized spacial score (nSPS) is 12.4. The molecule has 0 bridgehead atoms. The van der Waals surface area contributed by atoms with Crippen molar-refractivity contribution in [2.45, 2.75) is 271 Å². The van der Waals surface area contributed by atoms with E-state index >= 15 is 0 Å². The van der Waals surface area contributed by atoms with Gasteiger partial charge in [-0.25, -0.2) is 0 Å². The summed E-state index contributed by atoms with van der Waals surface area (Å²) in [4.78, 5) is 37.9. The molecule has 0 saturated heterocycles. The van der Waals surface area contributed by atoms with Crippen LogP contribution in [0.1, 0.15) is 265 Å². The first-order valence-electron chi connectivity index (χ1n) is 26.1. The molecule has 6 heteroatoms. The second-order valence-corrected chi connectivity index (χ2v) is 17.4. The van der Waals surface area contributed by atoms with Crippen LogP contribution in [0, 0.1) is 0 Å². The van der Waals surface area contributed by atoms with E-state index in [1.807, 2.05) is 0 Å². The molecule has 0 fully saturated rings. The molecule has 0 aromatic heterocycles. The monoisotopic (exact) mass is 855 g/mol. The Morgan fingerprint density at radius 2 is 0.639 bits per heavy atom. The lowest BCUT2D eigenvalue weighted by molar-refractivity contribution is -0.167. The topological polar surface area (TPSA) is 78.9 Å². The summed E-state index contributed by atoms with van der Waals surface area (Å²) in [6, 6.07) is 0. The minimum absolute atomic E-state index is 0.0861. The second kappa shape index (κ2) is 50.0. The van der Waals surface area contributed by atoms with E-state index in [1.54, 1.807) is 0 Å². The zero-order chi connectivity index (χ0) is 44.4. The minimum atomic E-state index is -0.789. The Balaban J connectivity index is 4.38. The summed E-state index contributed by atoms with van der Waals surface area (Å²) in [6.45, 7) is 6.50. The summed E-state index contributed by atoms with van der Waals surface area (Å²) in [7, 11) is 0. The van der Waals surface area contributed by atoms with Gasteiger partial charge >= 0.3 is 17.9 Å². The summed E-state index contributed by atoms with van der Waals surface area (Å²) in [5.41, 5.74) is 0. The minimum Gasteiger partial charge on any atom is -0.462 e. The van der Waals surface area contributed by atoms with E-state index in [4.69, 9.17) is 14.2 Å². The van der Waals surface area contributed by atoms with Crippen LogP contribution in [0.15, 0.2) is 48.6 Å². The molecule has 0 rings (SSSR count). The van der Waals surface area contributed by atoms with Crippen LogP contribution in [-0.2, 0) is 28.6 Å². The molecule has 1 atom stereocenters. The number of carbonyl (C=O) groups is 3. The molecule has 0 aromatic rings. The number of allylic oxidation sites excluding steroid dienone is 8. The molecule has 0 aliphatic rings. The SMILES string of the molecule is CC/C=C\C/C=C\C/C=C\C/C=C\CCCCC(=O)O[C@H](COC(=O)CCCCCCCCCCCCC)COC(=O)CCCCCCCCCCCCCCCCCCC. The van der Waals surface area contributed by atoms with Crippen LogP contribution in [0.25, 0.3) is 0 Å². The largest absolute Gasteiger partial charge is 0.462 e. The first-order chi connectivity index (χ1) is 30.0. The highest BCUT2D eigenvalue weighted by Gasteiger charge is 2.19. The van der Waals surface area contributed by atoms with Crippen molar-refractivity contribution >= 4 is 17.9 Å². The Labute approximate surface area is 378 Å². The van der Waals surface area contributed by atoms with Crippen LogP contribution in [-0.4, -0.2) is 37.2 Å². The van der Waals surface area contributed by atoms with Gasteiger partial charge in [0.15, 0.2) is 6.10 Å². The van der Waals surface area contributed by atoms with E-state index in [1.165, 1.54) is 141 Å². The van der Waals surface area contributed by atoms with Gasteiger partial charge in [0, 0.05) is 19.3 Å². The quantitative estimate of drug-likeness (QED) is 0.0263. The highest BCUT2D eigenvalue weighted by molar-refractivity contribution is 5.71. The van der Waals surface area contributed by atoms with Crippen molar-refractivity contribution in [3.63, 3.8) is 0 Å². The molecule has 0 unspecified atom stereocenters. The second-order valence-electron chi connectivity index (χ2n) is 17.4. The van der Waals surface area contributed by atoms with E-state index in [0.29, 0.717) is 19.3 Å². The lowest BCUT2D eigenvalue weighted by atomic mass is 10.0. The number of hydrogen-bond acceptors (Lipinski definition) is 6. The Bertz CT molecular complexity index is 1070. The van der Waals surface area contributed by atoms with Crippen molar-refractivity contribution in [1.29, 1.82) is 0 Å². The molecule has 0 spiro atoms. The standard InChI is InChI=1S/C55H98O6/c1-4-7-10-13-16-19-22-24-26-27-29-30-33-36-39-42-45-48-54(57)60-51-52(50-59-53(56)47-44-41-38-35-32-21-18-15-12-9-6-3)61-55(58)49-46-43-40-37-34-31-28-25-23-20-17-14-11-8-5-2/h8,11,17,20,25,28,34,37,52H,4-7,9-10,12-16,18-19,21-24,26-27,29-33,35-36,38-51H2,1-3H3/b11-8-,20-17-,28-25-,37-34-/t52-/m1/s1. The fraction of sp³-hybridized carbons (Fsp3) is 0.800. The third kappa shape index (κ3) is 48.3. The van der Waals surface area contributed by atoms with Crippen LogP contribution in [0.2, 0.25) is 0 Å². The van der Waals surface area contributed by atoms with Gasteiger partial charge in [-0.05, 0) is 57.8 Å². The number of rotatable bonds is 47. The molecular formula is C55H98O6. The number of carbonyl (C=O) groups excluding carboxylic acids is 3. The number of ether oxygens (including phenoxy) is 3. The Morgan fingerprint density at radius 3 is 1.00 bits per heavy atom. The van der Waals surface area contributed by atoms with Crippen LogP contribution >= 0.6 is 0 Å². The van der Waals surface area contributed by atoms with Gasteiger partial charge in [0.25, 0.3) is 0 Å². The molecule has 0 saturated carbocycles. The van der Waals surface area contributed by atoms with Gasteiger partial charge in [-0.1, -0.05) is 236 Å². The molecule has 6 nitrogen and oxygen atoms in total. The molecule has 0 N–H and O–H groups in total. The van der Waals surface area contributed by atoms with Crippen LogP contribution in [0.5, 0.6) is 0 Å². The molecule has 0 aliphatic heterocycles. The average Bonchev–Trinajstić information content (AvgIpc) is 3.26. The van der Waals surface area contributed by atoms with E-state index in [0.717, 1.165) is 77.0 Å². The van der Waals surface area contributed by atoms with Gasteiger partial charge in [-0.3, -0.25) is 14.4 Å².